The largest absolute Gasteiger partial charge is 0.490 e. The van der Waals surface area contributed by atoms with Crippen molar-refractivity contribution in [3.05, 3.63) is 52.6 Å². The number of carbonyl (C=O) groups excluding carboxylic acids is 1. The predicted molar refractivity (Wildman–Crippen MR) is 82.7 cm³/mol. The molecule has 0 spiro atoms. The van der Waals surface area contributed by atoms with E-state index in [0.717, 1.165) is 0 Å². The molecule has 2 aromatic heterocycles. The quantitative estimate of drug-likeness (QED) is 0.748. The molecule has 8 nitrogen and oxygen atoms in total. The second kappa shape index (κ2) is 8.65. The Morgan fingerprint density at radius 1 is 1.27 bits per heavy atom. The zero-order valence-electron chi connectivity index (χ0n) is 13.3. The first-order chi connectivity index (χ1) is 12.0. The number of aromatic amines is 1. The van der Waals surface area contributed by atoms with Crippen molar-refractivity contribution in [3.8, 4) is 11.6 Å². The molecular weight excluding hydrogens is 359 g/mol. The number of primary amides is 1. The van der Waals surface area contributed by atoms with Gasteiger partial charge in [0.2, 0.25) is 5.91 Å². The minimum Gasteiger partial charge on any atom is -0.475 e. The summed E-state index contributed by atoms with van der Waals surface area (Å²) in [7, 11) is 0. The highest BCUT2D eigenvalue weighted by molar-refractivity contribution is 5.80. The van der Waals surface area contributed by atoms with E-state index in [0.29, 0.717) is 17.3 Å². The Hall–Kier alpha value is -3.37. The highest BCUT2D eigenvalue weighted by atomic mass is 19.4. The Balaban J connectivity index is 0.000000412. The number of nitrogens with zero attached hydrogens (tertiary/aromatic N) is 1. The van der Waals surface area contributed by atoms with Gasteiger partial charge in [-0.25, -0.2) is 4.79 Å². The van der Waals surface area contributed by atoms with Crippen molar-refractivity contribution >= 4 is 11.9 Å². The lowest BCUT2D eigenvalue weighted by atomic mass is 10.1. The predicted octanol–water partition coefficient (Wildman–Crippen LogP) is 1.78. The van der Waals surface area contributed by atoms with E-state index >= 15 is 0 Å². The van der Waals surface area contributed by atoms with Crippen LogP contribution in [-0.4, -0.2) is 33.1 Å². The number of nitrogens with one attached hydrogen (secondary N) is 1. The smallest absolute Gasteiger partial charge is 0.475 e. The molecule has 1 unspecified atom stereocenters. The lowest BCUT2D eigenvalue weighted by molar-refractivity contribution is -0.192. The number of nitrogens with two attached hydrogens (primary N) is 1. The monoisotopic (exact) mass is 373 g/mol. The minimum absolute atomic E-state index is 0.246. The molecule has 2 rings (SSSR count). The number of pyridine rings is 2. The standard InChI is InChI=1S/C13H13N3O3.C2HF3O2/c1-8(13(14)18)10-6-5-9(7-15-10)19-12-4-2-3-11(17)16-12;3-2(4,5)1(6)7/h2-8H,1H3,(H2,14,18)(H,16,17);(H,6,7). The molecule has 1 atom stereocenters. The maximum Gasteiger partial charge on any atom is 0.490 e. The van der Waals surface area contributed by atoms with Crippen LogP contribution in [0.3, 0.4) is 0 Å². The third kappa shape index (κ3) is 6.63. The van der Waals surface area contributed by atoms with Crippen molar-refractivity contribution in [2.75, 3.05) is 0 Å². The lowest BCUT2D eigenvalue weighted by Gasteiger charge is -2.08. The van der Waals surface area contributed by atoms with E-state index in [1.807, 2.05) is 0 Å². The Morgan fingerprint density at radius 3 is 2.31 bits per heavy atom. The van der Waals surface area contributed by atoms with Gasteiger partial charge >= 0.3 is 12.1 Å². The minimum atomic E-state index is -5.08. The number of carbonyl (C=O) groups is 2. The number of aliphatic carboxylic acids is 1. The second-order valence-corrected chi connectivity index (χ2v) is 4.83. The Bertz CT molecular complexity index is 818. The number of aromatic nitrogens is 2. The molecule has 0 aromatic carbocycles. The van der Waals surface area contributed by atoms with Gasteiger partial charge in [-0.2, -0.15) is 13.2 Å². The normalized spacial score (nSPS) is 11.7. The van der Waals surface area contributed by atoms with E-state index in [4.69, 9.17) is 20.4 Å². The van der Waals surface area contributed by atoms with Crippen LogP contribution in [0.4, 0.5) is 13.2 Å². The van der Waals surface area contributed by atoms with Gasteiger partial charge < -0.3 is 15.6 Å². The summed E-state index contributed by atoms with van der Waals surface area (Å²) >= 11 is 0. The second-order valence-electron chi connectivity index (χ2n) is 4.83. The van der Waals surface area contributed by atoms with Crippen LogP contribution in [0.15, 0.2) is 41.3 Å². The summed E-state index contributed by atoms with van der Waals surface area (Å²) in [6.45, 7) is 1.68. The first kappa shape index (κ1) is 20.7. The molecule has 0 aliphatic carbocycles. The molecule has 0 bridgehead atoms. The average molecular weight is 373 g/mol. The van der Waals surface area contributed by atoms with Crippen molar-refractivity contribution in [2.45, 2.75) is 19.0 Å². The molecule has 1 amide bonds. The van der Waals surface area contributed by atoms with Crippen molar-refractivity contribution in [1.29, 1.82) is 0 Å². The van der Waals surface area contributed by atoms with E-state index in [-0.39, 0.29) is 5.56 Å². The fourth-order valence-electron chi connectivity index (χ4n) is 1.47. The van der Waals surface area contributed by atoms with E-state index in [1.54, 1.807) is 31.2 Å². The van der Waals surface area contributed by atoms with Crippen LogP contribution in [0, 0.1) is 0 Å². The van der Waals surface area contributed by atoms with Crippen molar-refractivity contribution < 1.29 is 32.6 Å². The van der Waals surface area contributed by atoms with E-state index in [9.17, 15) is 22.8 Å². The molecule has 0 saturated heterocycles. The molecule has 26 heavy (non-hydrogen) atoms. The molecule has 2 heterocycles. The zero-order valence-corrected chi connectivity index (χ0v) is 13.3. The number of H-pyrrole nitrogens is 1. The highest BCUT2D eigenvalue weighted by Gasteiger charge is 2.38. The Morgan fingerprint density at radius 2 is 1.88 bits per heavy atom. The first-order valence-electron chi connectivity index (χ1n) is 6.93. The molecule has 0 aliphatic heterocycles. The van der Waals surface area contributed by atoms with Crippen LogP contribution < -0.4 is 16.0 Å². The van der Waals surface area contributed by atoms with Gasteiger partial charge in [0.05, 0.1) is 17.8 Å². The third-order valence-corrected chi connectivity index (χ3v) is 2.84. The van der Waals surface area contributed by atoms with E-state index < -0.39 is 24.0 Å². The number of halogens is 3. The third-order valence-electron chi connectivity index (χ3n) is 2.84. The van der Waals surface area contributed by atoms with Gasteiger partial charge in [0.15, 0.2) is 5.88 Å². The van der Waals surface area contributed by atoms with Crippen molar-refractivity contribution in [2.24, 2.45) is 5.73 Å². The van der Waals surface area contributed by atoms with Gasteiger partial charge in [0.25, 0.3) is 5.56 Å². The lowest BCUT2D eigenvalue weighted by Crippen LogP contribution is -2.21. The molecule has 0 saturated carbocycles. The Labute approximate surface area is 144 Å². The summed E-state index contributed by atoms with van der Waals surface area (Å²) in [5.41, 5.74) is 5.52. The topological polar surface area (TPSA) is 135 Å². The van der Waals surface area contributed by atoms with Crippen LogP contribution in [0.2, 0.25) is 0 Å². The SMILES string of the molecule is CC(C(N)=O)c1ccc(Oc2cccc(=O)[nH]2)cn1.O=C(O)C(F)(F)F. The summed E-state index contributed by atoms with van der Waals surface area (Å²) in [6.07, 6.45) is -3.61. The fourth-order valence-corrected chi connectivity index (χ4v) is 1.47. The van der Waals surface area contributed by atoms with Gasteiger partial charge in [-0.05, 0) is 25.1 Å². The number of carboxylic acids is 1. The molecule has 11 heteroatoms. The highest BCUT2D eigenvalue weighted by Crippen LogP contribution is 2.19. The van der Waals surface area contributed by atoms with Crippen LogP contribution in [0.25, 0.3) is 0 Å². The fraction of sp³-hybridized carbons (Fsp3) is 0.200. The summed E-state index contributed by atoms with van der Waals surface area (Å²) in [4.78, 5) is 37.6. The zero-order chi connectivity index (χ0) is 19.9. The summed E-state index contributed by atoms with van der Waals surface area (Å²) in [5, 5.41) is 7.12. The summed E-state index contributed by atoms with van der Waals surface area (Å²) in [5.74, 6) is -2.86. The van der Waals surface area contributed by atoms with Crippen molar-refractivity contribution in [1.82, 2.24) is 9.97 Å². The average Bonchev–Trinajstić information content (AvgIpc) is 2.54. The molecule has 2 aromatic rings. The molecule has 4 N–H and O–H groups in total. The van der Waals surface area contributed by atoms with Gasteiger partial charge in [-0.15, -0.1) is 0 Å². The van der Waals surface area contributed by atoms with Crippen LogP contribution in [0.1, 0.15) is 18.5 Å². The van der Waals surface area contributed by atoms with E-state index in [1.165, 1.54) is 12.3 Å². The van der Waals surface area contributed by atoms with Crippen LogP contribution >= 0.6 is 0 Å². The number of hydrogen-bond acceptors (Lipinski definition) is 5. The van der Waals surface area contributed by atoms with Crippen molar-refractivity contribution in [3.63, 3.8) is 0 Å². The van der Waals surface area contributed by atoms with E-state index in [2.05, 4.69) is 9.97 Å². The van der Waals surface area contributed by atoms with Gasteiger partial charge in [0, 0.05) is 6.07 Å². The number of carboxylic acid groups (broad SMARTS) is 1. The molecular formula is C15H14F3N3O5. The Kier molecular flexibility index (Phi) is 6.88. The number of hydrogen-bond donors (Lipinski definition) is 3. The number of amides is 1. The summed E-state index contributed by atoms with van der Waals surface area (Å²) < 4.78 is 37.2. The molecule has 0 fully saturated rings. The maximum absolute atomic E-state index is 11.1. The number of alkyl halides is 3. The van der Waals surface area contributed by atoms with Gasteiger partial charge in [0.1, 0.15) is 5.75 Å². The molecule has 0 radical (unpaired) electrons. The number of rotatable bonds is 4. The molecule has 140 valence electrons. The van der Waals surface area contributed by atoms with Gasteiger partial charge in [-0.1, -0.05) is 6.07 Å². The van der Waals surface area contributed by atoms with Gasteiger partial charge in [-0.3, -0.25) is 19.6 Å². The van der Waals surface area contributed by atoms with Crippen LogP contribution in [0.5, 0.6) is 11.6 Å². The number of ether oxygens (including phenoxy) is 1. The molecule has 0 aliphatic rings. The van der Waals surface area contributed by atoms with Crippen LogP contribution in [-0.2, 0) is 9.59 Å². The maximum atomic E-state index is 11.1. The summed E-state index contributed by atoms with van der Waals surface area (Å²) in [6, 6.07) is 7.92. The first-order valence-corrected chi connectivity index (χ1v) is 6.93.